The van der Waals surface area contributed by atoms with Crippen molar-refractivity contribution in [2.24, 2.45) is 0 Å². The standard InChI is InChI=1S/C29H30N2O5/c1-29(2,3)36-28(33)31-15-14-26(19-31)34-24-9-11-25(12-10-24)35-27(32)13-6-20-4-7-22-8-5-21(18-30)17-23(22)16-20/h4-5,7-12,16-17,26H,6,13-15,19H2,1-3H3/t26-/m0/s1. The van der Waals surface area contributed by atoms with Gasteiger partial charge in [0.2, 0.25) is 0 Å². The molecule has 1 fully saturated rings. The fourth-order valence-electron chi connectivity index (χ4n) is 4.05. The Kier molecular flexibility index (Phi) is 7.44. The van der Waals surface area contributed by atoms with Gasteiger partial charge in [0.25, 0.3) is 0 Å². The molecule has 36 heavy (non-hydrogen) atoms. The molecule has 7 nitrogen and oxygen atoms in total. The second-order valence-corrected chi connectivity index (χ2v) is 9.91. The highest BCUT2D eigenvalue weighted by molar-refractivity contribution is 5.84. The smallest absolute Gasteiger partial charge is 0.410 e. The van der Waals surface area contributed by atoms with Crippen LogP contribution in [0.15, 0.2) is 60.7 Å². The number of nitrogens with zero attached hydrogens (tertiary/aromatic N) is 2. The van der Waals surface area contributed by atoms with Crippen LogP contribution in [-0.2, 0) is 16.0 Å². The Morgan fingerprint density at radius 2 is 1.72 bits per heavy atom. The van der Waals surface area contributed by atoms with E-state index in [2.05, 4.69) is 6.07 Å². The highest BCUT2D eigenvalue weighted by Gasteiger charge is 2.30. The van der Waals surface area contributed by atoms with Crippen LogP contribution in [0.3, 0.4) is 0 Å². The van der Waals surface area contributed by atoms with Gasteiger partial charge >= 0.3 is 12.1 Å². The van der Waals surface area contributed by atoms with E-state index < -0.39 is 5.60 Å². The number of aryl methyl sites for hydroxylation is 1. The minimum absolute atomic E-state index is 0.114. The van der Waals surface area contributed by atoms with E-state index in [9.17, 15) is 9.59 Å². The van der Waals surface area contributed by atoms with Crippen molar-refractivity contribution in [2.75, 3.05) is 13.1 Å². The van der Waals surface area contributed by atoms with Gasteiger partial charge in [-0.3, -0.25) is 4.79 Å². The number of benzene rings is 3. The lowest BCUT2D eigenvalue weighted by atomic mass is 10.0. The van der Waals surface area contributed by atoms with Gasteiger partial charge in [-0.1, -0.05) is 24.3 Å². The lowest BCUT2D eigenvalue weighted by Gasteiger charge is -2.24. The Morgan fingerprint density at radius 1 is 1.00 bits per heavy atom. The van der Waals surface area contributed by atoms with Gasteiger partial charge in [0.1, 0.15) is 23.2 Å². The van der Waals surface area contributed by atoms with Gasteiger partial charge in [0, 0.05) is 19.4 Å². The van der Waals surface area contributed by atoms with Crippen LogP contribution in [0.5, 0.6) is 11.5 Å². The third kappa shape index (κ3) is 6.76. The molecule has 1 aliphatic rings. The van der Waals surface area contributed by atoms with Crippen LogP contribution in [0.4, 0.5) is 4.79 Å². The fourth-order valence-corrected chi connectivity index (χ4v) is 4.05. The summed E-state index contributed by atoms with van der Waals surface area (Å²) in [4.78, 5) is 26.2. The third-order valence-corrected chi connectivity index (χ3v) is 5.81. The van der Waals surface area contributed by atoms with E-state index in [0.717, 1.165) is 22.8 Å². The maximum Gasteiger partial charge on any atom is 0.410 e. The van der Waals surface area contributed by atoms with E-state index in [1.165, 1.54) is 0 Å². The van der Waals surface area contributed by atoms with E-state index in [-0.39, 0.29) is 24.6 Å². The van der Waals surface area contributed by atoms with Gasteiger partial charge in [-0.05, 0) is 79.9 Å². The van der Waals surface area contributed by atoms with Crippen molar-refractivity contribution >= 4 is 22.8 Å². The first-order chi connectivity index (χ1) is 17.2. The van der Waals surface area contributed by atoms with Gasteiger partial charge < -0.3 is 19.1 Å². The lowest BCUT2D eigenvalue weighted by Crippen LogP contribution is -2.36. The number of esters is 1. The van der Waals surface area contributed by atoms with Gasteiger partial charge in [-0.25, -0.2) is 4.79 Å². The first-order valence-corrected chi connectivity index (χ1v) is 12.1. The average Bonchev–Trinajstić information content (AvgIpc) is 3.31. The summed E-state index contributed by atoms with van der Waals surface area (Å²) in [6, 6.07) is 20.6. The lowest BCUT2D eigenvalue weighted by molar-refractivity contribution is -0.134. The number of likely N-dealkylation sites (tertiary alicyclic amines) is 1. The van der Waals surface area contributed by atoms with Crippen LogP contribution in [0.25, 0.3) is 10.8 Å². The Balaban J connectivity index is 1.25. The van der Waals surface area contributed by atoms with Crippen LogP contribution in [0.1, 0.15) is 44.7 Å². The van der Waals surface area contributed by atoms with Crippen molar-refractivity contribution in [3.8, 4) is 17.6 Å². The predicted molar refractivity (Wildman–Crippen MR) is 136 cm³/mol. The zero-order valence-electron chi connectivity index (χ0n) is 20.8. The molecule has 0 aliphatic carbocycles. The molecule has 1 amide bonds. The summed E-state index contributed by atoms with van der Waals surface area (Å²) in [6.45, 7) is 6.60. The quantitative estimate of drug-likeness (QED) is 0.331. The zero-order valence-corrected chi connectivity index (χ0v) is 20.8. The molecule has 0 radical (unpaired) electrons. The summed E-state index contributed by atoms with van der Waals surface area (Å²) in [6.07, 6.45) is 1.07. The van der Waals surface area contributed by atoms with E-state index in [4.69, 9.17) is 19.5 Å². The number of hydrogen-bond donors (Lipinski definition) is 0. The molecule has 0 saturated carbocycles. The molecule has 3 aromatic rings. The zero-order chi connectivity index (χ0) is 25.7. The van der Waals surface area contributed by atoms with Crippen LogP contribution in [0, 0.1) is 11.3 Å². The number of carbonyl (C=O) groups excluding carboxylic acids is 2. The summed E-state index contributed by atoms with van der Waals surface area (Å²) < 4.78 is 16.9. The largest absolute Gasteiger partial charge is 0.489 e. The molecule has 0 N–H and O–H groups in total. The normalized spacial score (nSPS) is 15.4. The van der Waals surface area contributed by atoms with E-state index >= 15 is 0 Å². The van der Waals surface area contributed by atoms with Gasteiger partial charge in [0.15, 0.2) is 0 Å². The minimum atomic E-state index is -0.527. The van der Waals surface area contributed by atoms with Crippen molar-refractivity contribution < 1.29 is 23.8 Å². The molecule has 1 heterocycles. The number of fused-ring (bicyclic) bond motifs is 1. The molecular weight excluding hydrogens is 456 g/mol. The summed E-state index contributed by atoms with van der Waals surface area (Å²) in [7, 11) is 0. The van der Waals surface area contributed by atoms with Crippen LogP contribution >= 0.6 is 0 Å². The van der Waals surface area contributed by atoms with E-state index in [1.807, 2.05) is 51.1 Å². The number of rotatable bonds is 6. The molecule has 0 spiro atoms. The van der Waals surface area contributed by atoms with Crippen molar-refractivity contribution in [3.05, 3.63) is 71.8 Å². The monoisotopic (exact) mass is 486 g/mol. The Morgan fingerprint density at radius 3 is 2.44 bits per heavy atom. The van der Waals surface area contributed by atoms with E-state index in [0.29, 0.717) is 36.6 Å². The molecule has 0 bridgehead atoms. The second kappa shape index (κ2) is 10.7. The van der Waals surface area contributed by atoms with Crippen molar-refractivity contribution in [1.82, 2.24) is 4.90 Å². The molecule has 7 heteroatoms. The fraction of sp³-hybridized carbons (Fsp3) is 0.345. The van der Waals surface area contributed by atoms with Crippen LogP contribution in [0.2, 0.25) is 0 Å². The van der Waals surface area contributed by atoms with Crippen LogP contribution < -0.4 is 9.47 Å². The van der Waals surface area contributed by atoms with Crippen molar-refractivity contribution in [1.29, 1.82) is 5.26 Å². The number of amides is 1. The molecule has 1 saturated heterocycles. The van der Waals surface area contributed by atoms with Crippen molar-refractivity contribution in [2.45, 2.75) is 51.7 Å². The molecule has 0 unspecified atom stereocenters. The minimum Gasteiger partial charge on any atom is -0.489 e. The molecule has 3 aromatic carbocycles. The highest BCUT2D eigenvalue weighted by atomic mass is 16.6. The SMILES string of the molecule is CC(C)(C)OC(=O)N1CC[C@H](Oc2ccc(OC(=O)CCc3ccc4ccc(C#N)cc4c3)cc2)C1. The number of ether oxygens (including phenoxy) is 3. The van der Waals surface area contributed by atoms with E-state index in [1.54, 1.807) is 35.2 Å². The molecule has 1 aliphatic heterocycles. The number of hydrogen-bond acceptors (Lipinski definition) is 6. The van der Waals surface area contributed by atoms with Gasteiger partial charge in [0.05, 0.1) is 18.2 Å². The predicted octanol–water partition coefficient (Wildman–Crippen LogP) is 5.64. The van der Waals surface area contributed by atoms with Gasteiger partial charge in [-0.15, -0.1) is 0 Å². The Hall–Kier alpha value is -4.05. The summed E-state index contributed by atoms with van der Waals surface area (Å²) >= 11 is 0. The molecule has 4 rings (SSSR count). The number of nitriles is 1. The Bertz CT molecular complexity index is 1290. The first kappa shape index (κ1) is 25.1. The van der Waals surface area contributed by atoms with Gasteiger partial charge in [-0.2, -0.15) is 5.26 Å². The Labute approximate surface area is 211 Å². The highest BCUT2D eigenvalue weighted by Crippen LogP contribution is 2.24. The molecule has 186 valence electrons. The maximum atomic E-state index is 12.4. The molecule has 0 aromatic heterocycles. The third-order valence-electron chi connectivity index (χ3n) is 5.81. The molecular formula is C29H30N2O5. The first-order valence-electron chi connectivity index (χ1n) is 12.1. The topological polar surface area (TPSA) is 88.9 Å². The number of carbonyl (C=O) groups is 2. The molecule has 1 atom stereocenters. The second-order valence-electron chi connectivity index (χ2n) is 9.91. The average molecular weight is 487 g/mol. The summed E-state index contributed by atoms with van der Waals surface area (Å²) in [5, 5.41) is 11.1. The summed E-state index contributed by atoms with van der Waals surface area (Å²) in [5.74, 6) is 0.781. The van der Waals surface area contributed by atoms with Crippen LogP contribution in [-0.4, -0.2) is 41.8 Å². The maximum absolute atomic E-state index is 12.4. The summed E-state index contributed by atoms with van der Waals surface area (Å²) in [5.41, 5.74) is 1.09. The van der Waals surface area contributed by atoms with Crippen molar-refractivity contribution in [3.63, 3.8) is 0 Å².